The Labute approximate surface area is 132 Å². The van der Waals surface area contributed by atoms with Crippen molar-refractivity contribution in [3.05, 3.63) is 47.0 Å². The third-order valence-corrected chi connectivity index (χ3v) is 3.41. The van der Waals surface area contributed by atoms with Crippen molar-refractivity contribution in [1.29, 1.82) is 0 Å². The first-order chi connectivity index (χ1) is 11.0. The monoisotopic (exact) mass is 316 g/mol. The van der Waals surface area contributed by atoms with Gasteiger partial charge in [0.25, 0.3) is 5.91 Å². The molecule has 120 valence electrons. The molecule has 1 aliphatic rings. The summed E-state index contributed by atoms with van der Waals surface area (Å²) in [5.74, 6) is -1.75. The van der Waals surface area contributed by atoms with Gasteiger partial charge in [0.2, 0.25) is 0 Å². The first kappa shape index (κ1) is 16.4. The zero-order valence-electron chi connectivity index (χ0n) is 12.3. The second kappa shape index (κ2) is 7.35. The second-order valence-electron chi connectivity index (χ2n) is 4.99. The van der Waals surface area contributed by atoms with E-state index in [4.69, 9.17) is 10.5 Å². The number of hydrogen-bond donors (Lipinski definition) is 2. The van der Waals surface area contributed by atoms with Crippen LogP contribution in [0, 0.1) is 0 Å². The Morgan fingerprint density at radius 2 is 1.70 bits per heavy atom. The van der Waals surface area contributed by atoms with E-state index in [0.29, 0.717) is 24.8 Å². The van der Waals surface area contributed by atoms with Crippen molar-refractivity contribution in [3.8, 4) is 0 Å². The van der Waals surface area contributed by atoms with Crippen molar-refractivity contribution in [1.82, 2.24) is 5.32 Å². The molecule has 0 saturated heterocycles. The topological polar surface area (TPSA) is 116 Å². The fraction of sp³-hybridized carbons (Fsp3) is 0.250. The maximum Gasteiger partial charge on any atom is 0.334 e. The highest BCUT2D eigenvalue weighted by molar-refractivity contribution is 6.09. The molecule has 0 saturated carbocycles. The van der Waals surface area contributed by atoms with Gasteiger partial charge in [-0.05, 0) is 19.3 Å². The molecule has 0 unspecified atom stereocenters. The lowest BCUT2D eigenvalue weighted by Gasteiger charge is -2.07. The number of imide groups is 1. The largest absolute Gasteiger partial charge is 0.454 e. The minimum atomic E-state index is -0.985. The SMILES string of the molecule is NC(=O)NC(=O)C1=C(C(=O)OCC(=O)c2ccccc2)CCC1. The fourth-order valence-corrected chi connectivity index (χ4v) is 2.33. The van der Waals surface area contributed by atoms with E-state index in [1.54, 1.807) is 30.3 Å². The first-order valence-electron chi connectivity index (χ1n) is 7.07. The number of Topliss-reactive ketones (excluding diaryl/α,β-unsaturated/α-hetero) is 1. The fourth-order valence-electron chi connectivity index (χ4n) is 2.33. The number of ketones is 1. The highest BCUT2D eigenvalue weighted by Gasteiger charge is 2.27. The van der Waals surface area contributed by atoms with Gasteiger partial charge >= 0.3 is 12.0 Å². The van der Waals surface area contributed by atoms with Gasteiger partial charge in [-0.1, -0.05) is 30.3 Å². The number of amides is 3. The summed E-state index contributed by atoms with van der Waals surface area (Å²) in [6.45, 7) is -0.406. The third kappa shape index (κ3) is 4.26. The van der Waals surface area contributed by atoms with Crippen LogP contribution in [0.25, 0.3) is 0 Å². The average Bonchev–Trinajstić information content (AvgIpc) is 3.02. The molecule has 2 rings (SSSR count). The summed E-state index contributed by atoms with van der Waals surface area (Å²) in [5.41, 5.74) is 5.69. The van der Waals surface area contributed by atoms with Crippen LogP contribution in [0.2, 0.25) is 0 Å². The highest BCUT2D eigenvalue weighted by Crippen LogP contribution is 2.27. The first-order valence-corrected chi connectivity index (χ1v) is 7.07. The number of ether oxygens (including phenoxy) is 1. The summed E-state index contributed by atoms with van der Waals surface area (Å²) < 4.78 is 4.99. The van der Waals surface area contributed by atoms with Gasteiger partial charge in [-0.3, -0.25) is 14.9 Å². The van der Waals surface area contributed by atoms with Crippen molar-refractivity contribution in [2.75, 3.05) is 6.61 Å². The Morgan fingerprint density at radius 1 is 1.04 bits per heavy atom. The van der Waals surface area contributed by atoms with E-state index in [0.717, 1.165) is 0 Å². The van der Waals surface area contributed by atoms with Crippen LogP contribution >= 0.6 is 0 Å². The van der Waals surface area contributed by atoms with Gasteiger partial charge in [0.1, 0.15) is 0 Å². The van der Waals surface area contributed by atoms with E-state index < -0.39 is 24.5 Å². The number of hydrogen-bond acceptors (Lipinski definition) is 5. The van der Waals surface area contributed by atoms with Gasteiger partial charge in [-0.2, -0.15) is 0 Å². The summed E-state index contributed by atoms with van der Waals surface area (Å²) >= 11 is 0. The molecule has 0 atom stereocenters. The molecule has 0 aliphatic heterocycles. The predicted molar refractivity (Wildman–Crippen MR) is 80.3 cm³/mol. The average molecular weight is 316 g/mol. The van der Waals surface area contributed by atoms with Crippen LogP contribution < -0.4 is 11.1 Å². The lowest BCUT2D eigenvalue weighted by molar-refractivity contribution is -0.138. The predicted octanol–water partition coefficient (Wildman–Crippen LogP) is 1.09. The van der Waals surface area contributed by atoms with Crippen LogP contribution in [-0.2, 0) is 14.3 Å². The Bertz CT molecular complexity index is 679. The van der Waals surface area contributed by atoms with Crippen LogP contribution in [-0.4, -0.2) is 30.3 Å². The van der Waals surface area contributed by atoms with Crippen molar-refractivity contribution in [2.45, 2.75) is 19.3 Å². The molecule has 0 heterocycles. The number of nitrogens with one attached hydrogen (secondary N) is 1. The van der Waals surface area contributed by atoms with Crippen molar-refractivity contribution < 1.29 is 23.9 Å². The summed E-state index contributed by atoms with van der Waals surface area (Å²) in [5, 5.41) is 1.93. The van der Waals surface area contributed by atoms with Crippen LogP contribution in [0.1, 0.15) is 29.6 Å². The van der Waals surface area contributed by atoms with Gasteiger partial charge in [0.15, 0.2) is 12.4 Å². The van der Waals surface area contributed by atoms with E-state index in [9.17, 15) is 19.2 Å². The van der Waals surface area contributed by atoms with Crippen molar-refractivity contribution in [2.24, 2.45) is 5.73 Å². The summed E-state index contributed by atoms with van der Waals surface area (Å²) in [4.78, 5) is 46.5. The summed E-state index contributed by atoms with van der Waals surface area (Å²) in [6.07, 6.45) is 1.31. The van der Waals surface area contributed by atoms with Crippen molar-refractivity contribution >= 4 is 23.7 Å². The van der Waals surface area contributed by atoms with Gasteiger partial charge < -0.3 is 10.5 Å². The normalized spacial score (nSPS) is 13.6. The molecule has 0 radical (unpaired) electrons. The third-order valence-electron chi connectivity index (χ3n) is 3.41. The van der Waals surface area contributed by atoms with E-state index in [1.807, 2.05) is 5.32 Å². The van der Waals surface area contributed by atoms with Crippen molar-refractivity contribution in [3.63, 3.8) is 0 Å². The van der Waals surface area contributed by atoms with Gasteiger partial charge in [0.05, 0.1) is 0 Å². The van der Waals surface area contributed by atoms with Crippen LogP contribution in [0.15, 0.2) is 41.5 Å². The molecule has 0 bridgehead atoms. The molecule has 7 heteroatoms. The lowest BCUT2D eigenvalue weighted by atomic mass is 10.1. The minimum absolute atomic E-state index is 0.181. The summed E-state index contributed by atoms with van der Waals surface area (Å²) in [7, 11) is 0. The molecule has 1 aromatic rings. The van der Waals surface area contributed by atoms with Gasteiger partial charge in [0, 0.05) is 16.7 Å². The zero-order chi connectivity index (χ0) is 16.8. The van der Waals surface area contributed by atoms with Gasteiger partial charge in [-0.15, -0.1) is 0 Å². The molecule has 1 aliphatic carbocycles. The number of urea groups is 1. The van der Waals surface area contributed by atoms with E-state index in [-0.39, 0.29) is 16.9 Å². The number of carbonyl (C=O) groups is 4. The molecule has 0 fully saturated rings. The minimum Gasteiger partial charge on any atom is -0.454 e. The number of rotatable bonds is 5. The molecule has 1 aromatic carbocycles. The number of primary amides is 1. The maximum absolute atomic E-state index is 12.1. The second-order valence-corrected chi connectivity index (χ2v) is 4.99. The molecule has 7 nitrogen and oxygen atoms in total. The lowest BCUT2D eigenvalue weighted by Crippen LogP contribution is -2.36. The standard InChI is InChI=1S/C16H16N2O5/c17-16(22)18-14(20)11-7-4-8-12(11)15(21)23-9-13(19)10-5-2-1-3-6-10/h1-3,5-6H,4,7-9H2,(H3,17,18,20,22). The van der Waals surface area contributed by atoms with Crippen LogP contribution in [0.5, 0.6) is 0 Å². The van der Waals surface area contributed by atoms with Crippen LogP contribution in [0.4, 0.5) is 4.79 Å². The Kier molecular flexibility index (Phi) is 5.24. The Balaban J connectivity index is 2.00. The maximum atomic E-state index is 12.1. The number of benzene rings is 1. The van der Waals surface area contributed by atoms with E-state index >= 15 is 0 Å². The molecular formula is C16H16N2O5. The quantitative estimate of drug-likeness (QED) is 0.623. The number of nitrogens with two attached hydrogens (primary N) is 1. The molecule has 3 amide bonds. The number of carbonyl (C=O) groups excluding carboxylic acids is 4. The highest BCUT2D eigenvalue weighted by atomic mass is 16.5. The van der Waals surface area contributed by atoms with E-state index in [1.165, 1.54) is 0 Å². The van der Waals surface area contributed by atoms with Gasteiger partial charge in [-0.25, -0.2) is 9.59 Å². The smallest absolute Gasteiger partial charge is 0.334 e. The van der Waals surface area contributed by atoms with E-state index in [2.05, 4.69) is 0 Å². The van der Waals surface area contributed by atoms with Crippen LogP contribution in [0.3, 0.4) is 0 Å². The molecule has 0 spiro atoms. The Hall–Kier alpha value is -2.96. The molecule has 0 aromatic heterocycles. The number of esters is 1. The summed E-state index contributed by atoms with van der Waals surface area (Å²) in [6, 6.07) is 7.45. The molecule has 3 N–H and O–H groups in total. The Morgan fingerprint density at radius 3 is 2.35 bits per heavy atom. The molecular weight excluding hydrogens is 300 g/mol. The molecule has 23 heavy (non-hydrogen) atoms. The zero-order valence-corrected chi connectivity index (χ0v) is 12.3.